The maximum atomic E-state index is 12.4. The molecule has 0 bridgehead atoms. The number of aliphatic hydroxyl groups is 1. The average Bonchev–Trinajstić information content (AvgIpc) is 2.66. The zero-order valence-corrected chi connectivity index (χ0v) is 17.0. The number of phenolic OH excluding ortho intramolecular Hbond substituents is 1. The Morgan fingerprint density at radius 2 is 1.76 bits per heavy atom. The number of fused-ring (bicyclic) bond motifs is 1. The summed E-state index contributed by atoms with van der Waals surface area (Å²) in [6.07, 6.45) is 5.38. The summed E-state index contributed by atoms with van der Waals surface area (Å²) < 4.78 is 10.7. The number of ether oxygens (including phenoxy) is 2. The fourth-order valence-electron chi connectivity index (χ4n) is 2.70. The number of ketones is 2. The van der Waals surface area contributed by atoms with Crippen LogP contribution in [0, 0.1) is 0 Å². The first-order chi connectivity index (χ1) is 13.5. The van der Waals surface area contributed by atoms with Gasteiger partial charge in [0.25, 0.3) is 0 Å². The molecule has 7 nitrogen and oxygen atoms in total. The smallest absolute Gasteiger partial charge is 0.334 e. The van der Waals surface area contributed by atoms with Gasteiger partial charge in [-0.05, 0) is 52.0 Å². The Labute approximate surface area is 168 Å². The van der Waals surface area contributed by atoms with Crippen LogP contribution in [0.25, 0.3) is 0 Å². The third kappa shape index (κ3) is 4.81. The molecule has 29 heavy (non-hydrogen) atoms. The number of benzene rings is 1. The van der Waals surface area contributed by atoms with Crippen LogP contribution in [-0.2, 0) is 9.53 Å². The summed E-state index contributed by atoms with van der Waals surface area (Å²) in [5.41, 5.74) is -1.10. The van der Waals surface area contributed by atoms with Crippen molar-refractivity contribution in [3.63, 3.8) is 0 Å². The van der Waals surface area contributed by atoms with Gasteiger partial charge in [-0.3, -0.25) is 9.59 Å². The molecule has 0 aliphatic heterocycles. The van der Waals surface area contributed by atoms with Crippen molar-refractivity contribution in [3.8, 4) is 11.5 Å². The minimum absolute atomic E-state index is 0.0507. The molecule has 0 saturated carbocycles. The number of aromatic hydroxyl groups is 1. The molecule has 0 heterocycles. The lowest BCUT2D eigenvalue weighted by Gasteiger charge is -2.22. The molecule has 1 unspecified atom stereocenters. The van der Waals surface area contributed by atoms with Crippen molar-refractivity contribution >= 4 is 17.5 Å². The minimum Gasteiger partial charge on any atom is -0.507 e. The molecule has 154 valence electrons. The van der Waals surface area contributed by atoms with Crippen molar-refractivity contribution in [2.75, 3.05) is 7.11 Å². The summed E-state index contributed by atoms with van der Waals surface area (Å²) in [5, 5.41) is 20.8. The molecule has 1 aliphatic carbocycles. The first kappa shape index (κ1) is 22.1. The van der Waals surface area contributed by atoms with Crippen LogP contribution >= 0.6 is 0 Å². The molecule has 0 radical (unpaired) electrons. The van der Waals surface area contributed by atoms with E-state index in [0.717, 1.165) is 12.2 Å². The molecule has 1 aromatic rings. The first-order valence-corrected chi connectivity index (χ1v) is 8.96. The second-order valence-corrected chi connectivity index (χ2v) is 7.14. The number of carbonyl (C=O) groups excluding carboxylic acids is 3. The van der Waals surface area contributed by atoms with Crippen LogP contribution in [0.1, 0.15) is 60.1 Å². The second-order valence-electron chi connectivity index (χ2n) is 7.14. The van der Waals surface area contributed by atoms with Gasteiger partial charge in [0.15, 0.2) is 11.6 Å². The van der Waals surface area contributed by atoms with E-state index < -0.39 is 35.0 Å². The van der Waals surface area contributed by atoms with Crippen molar-refractivity contribution in [2.45, 2.75) is 39.4 Å². The van der Waals surface area contributed by atoms with Crippen LogP contribution in [0.3, 0.4) is 0 Å². The van der Waals surface area contributed by atoms with E-state index >= 15 is 0 Å². The van der Waals surface area contributed by atoms with E-state index in [1.165, 1.54) is 39.2 Å². The van der Waals surface area contributed by atoms with Gasteiger partial charge >= 0.3 is 5.97 Å². The molecule has 0 saturated heterocycles. The molecule has 0 aromatic heterocycles. The first-order valence-electron chi connectivity index (χ1n) is 8.96. The zero-order valence-electron chi connectivity index (χ0n) is 17.0. The summed E-state index contributed by atoms with van der Waals surface area (Å²) in [7, 11) is 1.32. The van der Waals surface area contributed by atoms with Gasteiger partial charge in [-0.15, -0.1) is 0 Å². The van der Waals surface area contributed by atoms with Crippen LogP contribution in [0.4, 0.5) is 0 Å². The Bertz CT molecular complexity index is 943. The number of rotatable bonds is 6. The van der Waals surface area contributed by atoms with Gasteiger partial charge in [0.2, 0.25) is 0 Å². The number of carbonyl (C=O) groups is 3. The van der Waals surface area contributed by atoms with E-state index in [0.29, 0.717) is 5.57 Å². The molecule has 0 amide bonds. The Balaban J connectivity index is 2.69. The molecule has 0 fully saturated rings. The lowest BCUT2D eigenvalue weighted by atomic mass is 9.89. The molecule has 2 N–H and O–H groups in total. The van der Waals surface area contributed by atoms with E-state index in [2.05, 4.69) is 0 Å². The van der Waals surface area contributed by atoms with Crippen molar-refractivity contribution in [1.82, 2.24) is 0 Å². The summed E-state index contributed by atoms with van der Waals surface area (Å²) in [6, 6.07) is 1.34. The topological polar surface area (TPSA) is 110 Å². The molecule has 2 rings (SSSR count). The fourth-order valence-corrected chi connectivity index (χ4v) is 2.70. The van der Waals surface area contributed by atoms with Crippen LogP contribution in [-0.4, -0.2) is 40.5 Å². The van der Waals surface area contributed by atoms with E-state index in [-0.39, 0.29) is 22.4 Å². The van der Waals surface area contributed by atoms with Crippen LogP contribution in [0.2, 0.25) is 0 Å². The zero-order chi connectivity index (χ0) is 21.9. The lowest BCUT2D eigenvalue weighted by Crippen LogP contribution is -2.18. The molecular weight excluding hydrogens is 376 g/mol. The van der Waals surface area contributed by atoms with Gasteiger partial charge in [0.1, 0.15) is 17.6 Å². The number of hydrogen-bond acceptors (Lipinski definition) is 7. The normalized spacial score (nSPS) is 15.4. The van der Waals surface area contributed by atoms with E-state index in [9.17, 15) is 24.6 Å². The predicted octanol–water partition coefficient (Wildman–Crippen LogP) is 3.21. The van der Waals surface area contributed by atoms with Gasteiger partial charge in [-0.1, -0.05) is 12.2 Å². The third-order valence-electron chi connectivity index (χ3n) is 4.37. The number of methoxy groups -OCH3 is 1. The minimum atomic E-state index is -1.22. The van der Waals surface area contributed by atoms with E-state index in [1.54, 1.807) is 19.9 Å². The lowest BCUT2D eigenvalue weighted by molar-refractivity contribution is -0.142. The number of esters is 1. The molecule has 1 aliphatic rings. The Morgan fingerprint density at radius 3 is 2.28 bits per heavy atom. The molecule has 1 atom stereocenters. The van der Waals surface area contributed by atoms with Crippen LogP contribution in [0.15, 0.2) is 42.0 Å². The van der Waals surface area contributed by atoms with Gasteiger partial charge in [0, 0.05) is 11.1 Å². The molecular formula is C22H24O7. The van der Waals surface area contributed by atoms with E-state index in [1.807, 2.05) is 0 Å². The SMILES string of the molecule is C/C=C(/C)C(=O)OC(/C=C/C(C)(C)O)c1cc(OC)c2c(c1O)C(=O)C=CC2=O. The summed E-state index contributed by atoms with van der Waals surface area (Å²) >= 11 is 0. The van der Waals surface area contributed by atoms with Crippen LogP contribution < -0.4 is 4.74 Å². The van der Waals surface area contributed by atoms with Crippen molar-refractivity contribution in [2.24, 2.45) is 0 Å². The Morgan fingerprint density at radius 1 is 1.17 bits per heavy atom. The quantitative estimate of drug-likeness (QED) is 0.428. The van der Waals surface area contributed by atoms with Gasteiger partial charge in [0.05, 0.1) is 23.8 Å². The molecule has 1 aromatic carbocycles. The van der Waals surface area contributed by atoms with Gasteiger partial charge < -0.3 is 19.7 Å². The maximum absolute atomic E-state index is 12.4. The third-order valence-corrected chi connectivity index (χ3v) is 4.37. The summed E-state index contributed by atoms with van der Waals surface area (Å²) in [5.74, 6) is -2.12. The standard InChI is InChI=1S/C22H24O7/c1-6-12(2)21(26)29-16(9-10-22(3,4)27)13-11-17(28-5)18-14(23)7-8-15(24)19(18)20(13)25/h6-11,16,25,27H,1-5H3/b10-9+,12-6-. The molecule has 0 spiro atoms. The highest BCUT2D eigenvalue weighted by atomic mass is 16.5. The highest BCUT2D eigenvalue weighted by Crippen LogP contribution is 2.41. The largest absolute Gasteiger partial charge is 0.507 e. The molecule has 7 heteroatoms. The highest BCUT2D eigenvalue weighted by molar-refractivity contribution is 6.24. The summed E-state index contributed by atoms with van der Waals surface area (Å²) in [6.45, 7) is 6.30. The predicted molar refractivity (Wildman–Crippen MR) is 106 cm³/mol. The van der Waals surface area contributed by atoms with Crippen molar-refractivity contribution in [3.05, 3.63) is 58.7 Å². The number of hydrogen-bond donors (Lipinski definition) is 2. The van der Waals surface area contributed by atoms with Gasteiger partial charge in [-0.2, -0.15) is 0 Å². The Kier molecular flexibility index (Phi) is 6.44. The van der Waals surface area contributed by atoms with E-state index in [4.69, 9.17) is 9.47 Å². The second kappa shape index (κ2) is 8.45. The Hall–Kier alpha value is -3.19. The van der Waals surface area contributed by atoms with Gasteiger partial charge in [-0.25, -0.2) is 4.79 Å². The average molecular weight is 400 g/mol. The van der Waals surface area contributed by atoms with Crippen molar-refractivity contribution in [1.29, 1.82) is 0 Å². The van der Waals surface area contributed by atoms with Crippen molar-refractivity contribution < 1.29 is 34.1 Å². The van der Waals surface area contributed by atoms with Crippen LogP contribution in [0.5, 0.6) is 11.5 Å². The maximum Gasteiger partial charge on any atom is 0.334 e. The number of allylic oxidation sites excluding steroid dienone is 3. The number of phenols is 1. The fraction of sp³-hybridized carbons (Fsp3) is 0.318. The summed E-state index contributed by atoms with van der Waals surface area (Å²) in [4.78, 5) is 36.9. The highest BCUT2D eigenvalue weighted by Gasteiger charge is 2.32. The monoisotopic (exact) mass is 400 g/mol.